The molecule has 1 rings (SSSR count). The van der Waals surface area contributed by atoms with Crippen LogP contribution < -0.4 is 15.5 Å². The fourth-order valence-corrected chi connectivity index (χ4v) is 2.13. The topological polar surface area (TPSA) is 44.4 Å². The summed E-state index contributed by atoms with van der Waals surface area (Å²) < 4.78 is 0. The van der Waals surface area contributed by atoms with Crippen LogP contribution in [0.15, 0.2) is 24.3 Å². The quantitative estimate of drug-likeness (QED) is 0.673. The predicted octanol–water partition coefficient (Wildman–Crippen LogP) is 3.11. The van der Waals surface area contributed by atoms with Crippen LogP contribution in [0.1, 0.15) is 37.0 Å². The first-order valence-corrected chi connectivity index (χ1v) is 7.50. The van der Waals surface area contributed by atoms with Crippen LogP contribution in [0, 0.1) is 0 Å². The molecule has 0 unspecified atom stereocenters. The van der Waals surface area contributed by atoms with Crippen molar-refractivity contribution < 1.29 is 4.79 Å². The van der Waals surface area contributed by atoms with E-state index >= 15 is 0 Å². The van der Waals surface area contributed by atoms with Crippen LogP contribution in [0.3, 0.4) is 0 Å². The van der Waals surface area contributed by atoms with E-state index in [-0.39, 0.29) is 30.7 Å². The molecule has 1 aromatic carbocycles. The summed E-state index contributed by atoms with van der Waals surface area (Å²) in [7, 11) is 1.91. The van der Waals surface area contributed by atoms with Crippen LogP contribution >= 0.6 is 24.8 Å². The monoisotopic (exact) mass is 349 g/mol. The molecule has 4 nitrogen and oxygen atoms in total. The van der Waals surface area contributed by atoms with Gasteiger partial charge in [-0.05, 0) is 57.6 Å². The maximum atomic E-state index is 11.9. The molecule has 6 heteroatoms. The molecule has 0 spiro atoms. The smallest absolute Gasteiger partial charge is 0.251 e. The van der Waals surface area contributed by atoms with Crippen molar-refractivity contribution in [2.24, 2.45) is 0 Å². The second-order valence-corrected chi connectivity index (χ2v) is 4.84. The fourth-order valence-electron chi connectivity index (χ4n) is 2.13. The zero-order valence-corrected chi connectivity index (χ0v) is 15.4. The van der Waals surface area contributed by atoms with Crippen LogP contribution in [0.2, 0.25) is 0 Å². The SMILES string of the molecule is CCCN(CC)c1ccc(C(=O)NCCCNC)cc1.Cl.Cl. The van der Waals surface area contributed by atoms with Gasteiger partial charge in [0.05, 0.1) is 0 Å². The maximum Gasteiger partial charge on any atom is 0.251 e. The van der Waals surface area contributed by atoms with Gasteiger partial charge in [0.2, 0.25) is 0 Å². The zero-order chi connectivity index (χ0) is 14.8. The van der Waals surface area contributed by atoms with Crippen molar-refractivity contribution in [2.45, 2.75) is 26.7 Å². The van der Waals surface area contributed by atoms with Crippen LogP contribution in [-0.4, -0.2) is 39.1 Å². The standard InChI is InChI=1S/C16H27N3O.2ClH/c1-4-13-19(5-2)15-9-7-14(8-10-15)16(20)18-12-6-11-17-3;;/h7-10,17H,4-6,11-13H2,1-3H3,(H,18,20);2*1H. The highest BCUT2D eigenvalue weighted by atomic mass is 35.5. The first-order chi connectivity index (χ1) is 9.72. The van der Waals surface area contributed by atoms with Gasteiger partial charge in [-0.15, -0.1) is 24.8 Å². The molecule has 0 bridgehead atoms. The Labute approximate surface area is 146 Å². The summed E-state index contributed by atoms with van der Waals surface area (Å²) in [5, 5.41) is 5.99. The average molecular weight is 350 g/mol. The van der Waals surface area contributed by atoms with Gasteiger partial charge in [0.25, 0.3) is 5.91 Å². The highest BCUT2D eigenvalue weighted by Crippen LogP contribution is 2.15. The largest absolute Gasteiger partial charge is 0.372 e. The molecule has 0 heterocycles. The van der Waals surface area contributed by atoms with Crippen molar-refractivity contribution in [3.8, 4) is 0 Å². The minimum Gasteiger partial charge on any atom is -0.372 e. The molecule has 1 amide bonds. The zero-order valence-electron chi connectivity index (χ0n) is 13.7. The normalized spacial score (nSPS) is 9.41. The molecule has 0 fully saturated rings. The molecular formula is C16H29Cl2N3O. The number of hydrogen-bond acceptors (Lipinski definition) is 3. The molecule has 0 aromatic heterocycles. The van der Waals surface area contributed by atoms with E-state index < -0.39 is 0 Å². The lowest BCUT2D eigenvalue weighted by molar-refractivity contribution is 0.0953. The van der Waals surface area contributed by atoms with Crippen molar-refractivity contribution in [3.05, 3.63) is 29.8 Å². The van der Waals surface area contributed by atoms with E-state index in [2.05, 4.69) is 29.4 Å². The fraction of sp³-hybridized carbons (Fsp3) is 0.562. The van der Waals surface area contributed by atoms with Gasteiger partial charge in [-0.2, -0.15) is 0 Å². The summed E-state index contributed by atoms with van der Waals surface area (Å²) in [5.74, 6) is 0.00573. The number of nitrogens with zero attached hydrogens (tertiary/aromatic N) is 1. The summed E-state index contributed by atoms with van der Waals surface area (Å²) in [4.78, 5) is 14.3. The number of nitrogens with one attached hydrogen (secondary N) is 2. The lowest BCUT2D eigenvalue weighted by atomic mass is 10.1. The Morgan fingerprint density at radius 2 is 1.73 bits per heavy atom. The van der Waals surface area contributed by atoms with Crippen molar-refractivity contribution >= 4 is 36.4 Å². The first kappa shape index (κ1) is 23.3. The lowest BCUT2D eigenvalue weighted by Crippen LogP contribution is -2.27. The van der Waals surface area contributed by atoms with E-state index in [1.54, 1.807) is 0 Å². The van der Waals surface area contributed by atoms with Gasteiger partial charge in [-0.3, -0.25) is 4.79 Å². The number of benzene rings is 1. The summed E-state index contributed by atoms with van der Waals surface area (Å²) in [5.41, 5.74) is 1.91. The lowest BCUT2D eigenvalue weighted by Gasteiger charge is -2.22. The summed E-state index contributed by atoms with van der Waals surface area (Å²) >= 11 is 0. The Hall–Kier alpha value is -0.970. The van der Waals surface area contributed by atoms with Crippen molar-refractivity contribution in [3.63, 3.8) is 0 Å². The van der Waals surface area contributed by atoms with E-state index in [1.807, 2.05) is 31.3 Å². The average Bonchev–Trinajstić information content (AvgIpc) is 2.49. The van der Waals surface area contributed by atoms with Crippen molar-refractivity contribution in [1.29, 1.82) is 0 Å². The molecule has 0 saturated carbocycles. The Morgan fingerprint density at radius 1 is 1.09 bits per heavy atom. The number of anilines is 1. The molecule has 0 aliphatic rings. The van der Waals surface area contributed by atoms with Crippen LogP contribution in [0.5, 0.6) is 0 Å². The molecule has 0 radical (unpaired) electrons. The number of carbonyl (C=O) groups excluding carboxylic acids is 1. The number of hydrogen-bond donors (Lipinski definition) is 2. The van der Waals surface area contributed by atoms with Crippen molar-refractivity contribution in [2.75, 3.05) is 38.1 Å². The van der Waals surface area contributed by atoms with Gasteiger partial charge in [-0.1, -0.05) is 6.92 Å². The van der Waals surface area contributed by atoms with E-state index in [0.717, 1.165) is 38.0 Å². The Balaban J connectivity index is 0. The third kappa shape index (κ3) is 7.87. The summed E-state index contributed by atoms with van der Waals surface area (Å²) in [6, 6.07) is 7.87. The van der Waals surface area contributed by atoms with Gasteiger partial charge in [0.1, 0.15) is 0 Å². The number of amides is 1. The van der Waals surface area contributed by atoms with E-state index in [0.29, 0.717) is 6.54 Å². The Morgan fingerprint density at radius 3 is 2.23 bits per heavy atom. The molecule has 2 N–H and O–H groups in total. The Kier molecular flexibility index (Phi) is 14.5. The highest BCUT2D eigenvalue weighted by Gasteiger charge is 2.07. The molecular weight excluding hydrogens is 321 g/mol. The first-order valence-electron chi connectivity index (χ1n) is 7.50. The minimum absolute atomic E-state index is 0. The van der Waals surface area contributed by atoms with Crippen LogP contribution in [0.25, 0.3) is 0 Å². The van der Waals surface area contributed by atoms with Gasteiger partial charge in [-0.25, -0.2) is 0 Å². The van der Waals surface area contributed by atoms with Crippen LogP contribution in [-0.2, 0) is 0 Å². The second-order valence-electron chi connectivity index (χ2n) is 4.84. The van der Waals surface area contributed by atoms with Crippen molar-refractivity contribution in [1.82, 2.24) is 10.6 Å². The van der Waals surface area contributed by atoms with E-state index in [4.69, 9.17) is 0 Å². The molecule has 0 aliphatic carbocycles. The second kappa shape index (κ2) is 13.7. The summed E-state index contributed by atoms with van der Waals surface area (Å²) in [6.07, 6.45) is 2.07. The number of rotatable bonds is 9. The molecule has 1 aromatic rings. The van der Waals surface area contributed by atoms with Gasteiger partial charge in [0, 0.05) is 30.9 Å². The Bertz CT molecular complexity index is 399. The maximum absolute atomic E-state index is 11.9. The molecule has 0 aliphatic heterocycles. The number of halogens is 2. The van der Waals surface area contributed by atoms with E-state index in [9.17, 15) is 4.79 Å². The summed E-state index contributed by atoms with van der Waals surface area (Å²) in [6.45, 7) is 7.99. The molecule has 22 heavy (non-hydrogen) atoms. The third-order valence-corrected chi connectivity index (χ3v) is 3.26. The molecule has 128 valence electrons. The van der Waals surface area contributed by atoms with Gasteiger partial charge >= 0.3 is 0 Å². The third-order valence-electron chi connectivity index (χ3n) is 3.26. The predicted molar refractivity (Wildman–Crippen MR) is 100.0 cm³/mol. The molecule has 0 saturated heterocycles. The highest BCUT2D eigenvalue weighted by molar-refractivity contribution is 5.94. The van der Waals surface area contributed by atoms with E-state index in [1.165, 1.54) is 5.69 Å². The van der Waals surface area contributed by atoms with Crippen LogP contribution in [0.4, 0.5) is 5.69 Å². The van der Waals surface area contributed by atoms with Gasteiger partial charge in [0.15, 0.2) is 0 Å². The van der Waals surface area contributed by atoms with Gasteiger partial charge < -0.3 is 15.5 Å². The molecule has 0 atom stereocenters. The minimum atomic E-state index is 0. The number of carbonyl (C=O) groups is 1.